The van der Waals surface area contributed by atoms with Crippen LogP contribution in [-0.4, -0.2) is 62.5 Å². The van der Waals surface area contributed by atoms with Crippen LogP contribution in [-0.2, 0) is 16.0 Å². The Morgan fingerprint density at radius 1 is 1.35 bits per heavy atom. The number of carbonyl (C=O) groups excluding carboxylic acids is 2. The highest BCUT2D eigenvalue weighted by atomic mass is 35.5. The van der Waals surface area contributed by atoms with Gasteiger partial charge in [-0.25, -0.2) is 4.98 Å². The molecule has 2 aliphatic rings. The molecule has 11 heteroatoms. The Hall–Kier alpha value is -3.01. The quantitative estimate of drug-likeness (QED) is 0.659. The normalized spacial score (nSPS) is 18.6. The van der Waals surface area contributed by atoms with Crippen LogP contribution in [0.2, 0.25) is 5.15 Å². The Kier molecular flexibility index (Phi) is 7.21. The maximum absolute atomic E-state index is 12.6. The van der Waals surface area contributed by atoms with Crippen LogP contribution in [0.5, 0.6) is 0 Å². The lowest BCUT2D eigenvalue weighted by molar-refractivity contribution is -0.123. The van der Waals surface area contributed by atoms with Crippen molar-refractivity contribution in [1.82, 2.24) is 25.3 Å². The highest BCUT2D eigenvalue weighted by molar-refractivity contribution is 6.29. The van der Waals surface area contributed by atoms with Crippen LogP contribution in [0.4, 0.5) is 0 Å². The highest BCUT2D eigenvalue weighted by Crippen LogP contribution is 2.54. The molecule has 166 valence electrons. The number of nitrogens with zero attached hydrogens (tertiary/aromatic N) is 4. The van der Waals surface area contributed by atoms with E-state index in [-0.39, 0.29) is 29.7 Å². The monoisotopic (exact) mass is 449 g/mol. The van der Waals surface area contributed by atoms with E-state index in [4.69, 9.17) is 26.0 Å². The largest absolute Gasteiger partial charge is 0.483 e. The summed E-state index contributed by atoms with van der Waals surface area (Å²) in [6, 6.07) is 1.81. The van der Waals surface area contributed by atoms with Gasteiger partial charge in [-0.3, -0.25) is 19.4 Å². The van der Waals surface area contributed by atoms with Gasteiger partial charge in [0.1, 0.15) is 11.5 Å². The molecule has 2 aromatic rings. The van der Waals surface area contributed by atoms with Crippen molar-refractivity contribution in [2.75, 3.05) is 13.1 Å². The summed E-state index contributed by atoms with van der Waals surface area (Å²) in [5.41, 5.74) is 1.30. The maximum atomic E-state index is 12.6. The predicted molar refractivity (Wildman–Crippen MR) is 109 cm³/mol. The van der Waals surface area contributed by atoms with Crippen LogP contribution in [0.3, 0.4) is 0 Å². The third-order valence-corrected chi connectivity index (χ3v) is 5.88. The average molecular weight is 450 g/mol. The van der Waals surface area contributed by atoms with Gasteiger partial charge in [-0.05, 0) is 31.6 Å². The van der Waals surface area contributed by atoms with E-state index < -0.39 is 0 Å². The summed E-state index contributed by atoms with van der Waals surface area (Å²) in [5.74, 6) is 0.536. The third-order valence-electron chi connectivity index (χ3n) is 5.70. The molecule has 2 aromatic heterocycles. The van der Waals surface area contributed by atoms with Gasteiger partial charge in [0.05, 0.1) is 11.9 Å². The second kappa shape index (κ2) is 9.86. The van der Waals surface area contributed by atoms with Crippen LogP contribution in [0.25, 0.3) is 0 Å². The van der Waals surface area contributed by atoms with Crippen LogP contribution < -0.4 is 5.32 Å². The molecule has 1 atom stereocenters. The molecule has 10 nitrogen and oxygen atoms in total. The lowest BCUT2D eigenvalue weighted by atomic mass is 9.92. The smallest absolute Gasteiger partial charge is 0.290 e. The summed E-state index contributed by atoms with van der Waals surface area (Å²) in [4.78, 5) is 43.3. The molecule has 4 rings (SSSR count). The van der Waals surface area contributed by atoms with Crippen molar-refractivity contribution >= 4 is 29.9 Å². The topological polar surface area (TPSA) is 139 Å². The first-order valence-electron chi connectivity index (χ1n) is 9.93. The number of likely N-dealkylation sites (tertiary alicyclic amines) is 1. The molecule has 1 saturated heterocycles. The van der Waals surface area contributed by atoms with Crippen LogP contribution in [0.1, 0.15) is 47.6 Å². The first-order chi connectivity index (χ1) is 14.9. The standard InChI is InChI=1S/C19H22ClN5O3.CH2O2/c1-12-10-22-14(11-21-12)18(27)25-6-4-19(5-7-25)9-15(19)23-17(26)3-2-13-8-16(20)24-28-13;2-1-3/h8,10-11,15H,2-7,9H2,1H3,(H,23,26);1H,(H,2,3). The Morgan fingerprint density at radius 3 is 2.65 bits per heavy atom. The number of aromatic nitrogens is 3. The van der Waals surface area contributed by atoms with E-state index in [2.05, 4.69) is 20.4 Å². The molecule has 2 amide bonds. The Bertz CT molecular complexity index is 924. The lowest BCUT2D eigenvalue weighted by Crippen LogP contribution is -2.42. The molecule has 1 aliphatic carbocycles. The molecule has 2 N–H and O–H groups in total. The van der Waals surface area contributed by atoms with E-state index in [0.717, 1.165) is 25.0 Å². The minimum atomic E-state index is -0.250. The summed E-state index contributed by atoms with van der Waals surface area (Å²) in [6.45, 7) is 2.95. The number of carbonyl (C=O) groups is 3. The van der Waals surface area contributed by atoms with Gasteiger partial charge in [0.15, 0.2) is 5.15 Å². The SMILES string of the molecule is Cc1cnc(C(=O)N2CCC3(CC2)CC3NC(=O)CCc2cc(Cl)no2)cn1.O=CO. The summed E-state index contributed by atoms with van der Waals surface area (Å²) in [5, 5.41) is 13.9. The Labute approximate surface area is 184 Å². The Balaban J connectivity index is 0.000000858. The minimum absolute atomic E-state index is 0.00262. The lowest BCUT2D eigenvalue weighted by Gasteiger charge is -2.32. The first kappa shape index (κ1) is 22.7. The van der Waals surface area contributed by atoms with E-state index in [1.165, 1.54) is 6.20 Å². The summed E-state index contributed by atoms with van der Waals surface area (Å²) >= 11 is 5.71. The zero-order chi connectivity index (χ0) is 22.4. The van der Waals surface area contributed by atoms with Crippen LogP contribution in [0.15, 0.2) is 23.0 Å². The fourth-order valence-corrected chi connectivity index (χ4v) is 3.99. The summed E-state index contributed by atoms with van der Waals surface area (Å²) in [7, 11) is 0. The van der Waals surface area contributed by atoms with Crippen molar-refractivity contribution in [3.05, 3.63) is 40.8 Å². The number of rotatable bonds is 5. The van der Waals surface area contributed by atoms with E-state index >= 15 is 0 Å². The van der Waals surface area contributed by atoms with Gasteiger partial charge in [-0.15, -0.1) is 0 Å². The molecule has 2 fully saturated rings. The molecule has 0 aromatic carbocycles. The van der Waals surface area contributed by atoms with Crippen molar-refractivity contribution in [2.45, 2.75) is 45.1 Å². The van der Waals surface area contributed by atoms with E-state index in [1.54, 1.807) is 12.3 Å². The van der Waals surface area contributed by atoms with Gasteiger partial charge in [-0.2, -0.15) is 0 Å². The fraction of sp³-hybridized carbons (Fsp3) is 0.500. The Morgan fingerprint density at radius 2 is 2.06 bits per heavy atom. The predicted octanol–water partition coefficient (Wildman–Crippen LogP) is 1.87. The van der Waals surface area contributed by atoms with Gasteiger partial charge in [0, 0.05) is 44.2 Å². The van der Waals surface area contributed by atoms with E-state index in [0.29, 0.717) is 42.5 Å². The van der Waals surface area contributed by atoms with Crippen LogP contribution in [0, 0.1) is 12.3 Å². The molecule has 1 unspecified atom stereocenters. The molecule has 0 bridgehead atoms. The molecule has 3 heterocycles. The number of aryl methyl sites for hydroxylation is 2. The maximum Gasteiger partial charge on any atom is 0.290 e. The molecule has 1 saturated carbocycles. The number of halogens is 1. The van der Waals surface area contributed by atoms with Crippen molar-refractivity contribution < 1.29 is 24.0 Å². The molecular formula is C20H24ClN5O5. The molecule has 31 heavy (non-hydrogen) atoms. The number of nitrogens with one attached hydrogen (secondary N) is 1. The molecule has 1 spiro atoms. The van der Waals surface area contributed by atoms with Gasteiger partial charge < -0.3 is 19.8 Å². The van der Waals surface area contributed by atoms with Crippen molar-refractivity contribution in [2.24, 2.45) is 5.41 Å². The zero-order valence-electron chi connectivity index (χ0n) is 17.1. The zero-order valence-corrected chi connectivity index (χ0v) is 17.8. The van der Waals surface area contributed by atoms with Crippen LogP contribution >= 0.6 is 11.6 Å². The summed E-state index contributed by atoms with van der Waals surface area (Å²) < 4.78 is 5.01. The molecular weight excluding hydrogens is 426 g/mol. The molecule has 0 radical (unpaired) electrons. The highest BCUT2D eigenvalue weighted by Gasteiger charge is 2.55. The van der Waals surface area contributed by atoms with Gasteiger partial charge in [-0.1, -0.05) is 16.8 Å². The molecule has 1 aliphatic heterocycles. The number of piperidine rings is 1. The second-order valence-electron chi connectivity index (χ2n) is 7.74. The van der Waals surface area contributed by atoms with E-state index in [9.17, 15) is 9.59 Å². The average Bonchev–Trinajstić information content (AvgIpc) is 3.21. The second-order valence-corrected chi connectivity index (χ2v) is 8.13. The minimum Gasteiger partial charge on any atom is -0.483 e. The van der Waals surface area contributed by atoms with Crippen molar-refractivity contribution in [3.8, 4) is 0 Å². The van der Waals surface area contributed by atoms with Gasteiger partial charge >= 0.3 is 0 Å². The van der Waals surface area contributed by atoms with E-state index in [1.807, 2.05) is 11.8 Å². The van der Waals surface area contributed by atoms with Crippen molar-refractivity contribution in [3.63, 3.8) is 0 Å². The fourth-order valence-electron chi connectivity index (χ4n) is 3.83. The summed E-state index contributed by atoms with van der Waals surface area (Å²) in [6.07, 6.45) is 6.71. The number of carboxylic acid groups (broad SMARTS) is 1. The number of hydrogen-bond donors (Lipinski definition) is 2. The van der Waals surface area contributed by atoms with Crippen molar-refractivity contribution in [1.29, 1.82) is 0 Å². The third kappa shape index (κ3) is 5.78. The van der Waals surface area contributed by atoms with Gasteiger partial charge in [0.25, 0.3) is 12.4 Å². The first-order valence-corrected chi connectivity index (χ1v) is 10.3. The number of hydrogen-bond acceptors (Lipinski definition) is 7. The van der Waals surface area contributed by atoms with Gasteiger partial charge in [0.2, 0.25) is 5.91 Å². The number of amides is 2.